The highest BCUT2D eigenvalue weighted by Gasteiger charge is 2.02. The lowest BCUT2D eigenvalue weighted by Gasteiger charge is -2.05. The lowest BCUT2D eigenvalue weighted by Crippen LogP contribution is -2.09. The SMILES string of the molecule is CCc1nc(Cl)cc(NCCc2ncn(C)n2)n1. The van der Waals surface area contributed by atoms with Crippen molar-refractivity contribution in [3.8, 4) is 0 Å². The first-order valence-corrected chi connectivity index (χ1v) is 6.17. The van der Waals surface area contributed by atoms with Crippen LogP contribution < -0.4 is 5.32 Å². The number of rotatable bonds is 5. The minimum absolute atomic E-state index is 0.459. The number of hydrogen-bond donors (Lipinski definition) is 1. The van der Waals surface area contributed by atoms with Gasteiger partial charge in [0.05, 0.1) is 0 Å². The second-order valence-corrected chi connectivity index (χ2v) is 4.24. The molecule has 2 rings (SSSR count). The molecule has 0 spiro atoms. The Morgan fingerprint density at radius 1 is 1.33 bits per heavy atom. The predicted octanol–water partition coefficient (Wildman–Crippen LogP) is 1.48. The molecule has 1 N–H and O–H groups in total. The number of aromatic nitrogens is 5. The molecule has 0 aromatic carbocycles. The summed E-state index contributed by atoms with van der Waals surface area (Å²) >= 11 is 5.91. The van der Waals surface area contributed by atoms with Crippen molar-refractivity contribution >= 4 is 17.4 Å². The second kappa shape index (κ2) is 5.77. The number of hydrogen-bond acceptors (Lipinski definition) is 5. The Hall–Kier alpha value is -1.69. The van der Waals surface area contributed by atoms with Gasteiger partial charge >= 0.3 is 0 Å². The van der Waals surface area contributed by atoms with Crippen LogP contribution in [-0.4, -0.2) is 31.3 Å². The molecule has 2 heterocycles. The van der Waals surface area contributed by atoms with Crippen LogP contribution in [0.2, 0.25) is 5.15 Å². The van der Waals surface area contributed by atoms with E-state index in [0.717, 1.165) is 30.3 Å². The minimum Gasteiger partial charge on any atom is -0.369 e. The zero-order valence-corrected chi connectivity index (χ0v) is 11.1. The van der Waals surface area contributed by atoms with E-state index in [4.69, 9.17) is 11.6 Å². The highest BCUT2D eigenvalue weighted by Crippen LogP contribution is 2.11. The maximum atomic E-state index is 5.91. The average Bonchev–Trinajstić information content (AvgIpc) is 2.74. The summed E-state index contributed by atoms with van der Waals surface area (Å²) in [5.74, 6) is 2.28. The van der Waals surface area contributed by atoms with Crippen molar-refractivity contribution in [1.29, 1.82) is 0 Å². The normalized spacial score (nSPS) is 10.6. The number of halogens is 1. The first-order valence-electron chi connectivity index (χ1n) is 5.79. The number of nitrogens with one attached hydrogen (secondary N) is 1. The van der Waals surface area contributed by atoms with Crippen LogP contribution in [0.1, 0.15) is 18.6 Å². The van der Waals surface area contributed by atoms with Gasteiger partial charge in [0.1, 0.15) is 23.1 Å². The Morgan fingerprint density at radius 3 is 2.83 bits per heavy atom. The van der Waals surface area contributed by atoms with Gasteiger partial charge in [-0.2, -0.15) is 5.10 Å². The molecule has 96 valence electrons. The third-order valence-electron chi connectivity index (χ3n) is 2.36. The Balaban J connectivity index is 1.91. The molecule has 2 aromatic rings. The Kier molecular flexibility index (Phi) is 4.09. The van der Waals surface area contributed by atoms with Crippen LogP contribution in [-0.2, 0) is 19.9 Å². The van der Waals surface area contributed by atoms with E-state index in [1.165, 1.54) is 0 Å². The Bertz CT molecular complexity index is 524. The van der Waals surface area contributed by atoms with E-state index in [1.54, 1.807) is 17.1 Å². The van der Waals surface area contributed by atoms with E-state index in [2.05, 4.69) is 25.4 Å². The van der Waals surface area contributed by atoms with E-state index in [0.29, 0.717) is 11.7 Å². The molecule has 0 aliphatic rings. The molecule has 2 aromatic heterocycles. The van der Waals surface area contributed by atoms with Gasteiger partial charge in [-0.05, 0) is 0 Å². The fourth-order valence-electron chi connectivity index (χ4n) is 1.51. The molecule has 0 unspecified atom stereocenters. The topological polar surface area (TPSA) is 68.5 Å². The van der Waals surface area contributed by atoms with Crippen LogP contribution in [0, 0.1) is 0 Å². The third kappa shape index (κ3) is 3.40. The molecule has 0 saturated heterocycles. The first kappa shape index (κ1) is 12.8. The van der Waals surface area contributed by atoms with Gasteiger partial charge in [0.25, 0.3) is 0 Å². The van der Waals surface area contributed by atoms with Crippen molar-refractivity contribution < 1.29 is 0 Å². The Morgan fingerprint density at radius 2 is 2.17 bits per heavy atom. The molecule has 0 amide bonds. The average molecular weight is 267 g/mol. The molecule has 0 atom stereocenters. The molecule has 0 aliphatic carbocycles. The molecule has 0 aliphatic heterocycles. The molecule has 18 heavy (non-hydrogen) atoms. The predicted molar refractivity (Wildman–Crippen MR) is 69.6 cm³/mol. The highest BCUT2D eigenvalue weighted by atomic mass is 35.5. The van der Waals surface area contributed by atoms with Gasteiger partial charge in [-0.3, -0.25) is 4.68 Å². The zero-order chi connectivity index (χ0) is 13.0. The van der Waals surface area contributed by atoms with E-state index in [1.807, 2.05) is 14.0 Å². The number of aryl methyl sites for hydroxylation is 2. The second-order valence-electron chi connectivity index (χ2n) is 3.86. The van der Waals surface area contributed by atoms with Crippen molar-refractivity contribution in [2.24, 2.45) is 7.05 Å². The van der Waals surface area contributed by atoms with Crippen LogP contribution in [0.25, 0.3) is 0 Å². The summed E-state index contributed by atoms with van der Waals surface area (Å²) in [6.45, 7) is 2.70. The molecule has 0 fully saturated rings. The van der Waals surface area contributed by atoms with Crippen molar-refractivity contribution in [3.63, 3.8) is 0 Å². The fourth-order valence-corrected chi connectivity index (χ4v) is 1.72. The molecular weight excluding hydrogens is 252 g/mol. The van der Waals surface area contributed by atoms with Crippen LogP contribution in [0.3, 0.4) is 0 Å². The summed E-state index contributed by atoms with van der Waals surface area (Å²) in [5.41, 5.74) is 0. The molecule has 0 radical (unpaired) electrons. The summed E-state index contributed by atoms with van der Waals surface area (Å²) in [5, 5.41) is 7.85. The quantitative estimate of drug-likeness (QED) is 0.830. The smallest absolute Gasteiger partial charge is 0.152 e. The minimum atomic E-state index is 0.459. The fraction of sp³-hybridized carbons (Fsp3) is 0.455. The third-order valence-corrected chi connectivity index (χ3v) is 2.55. The lowest BCUT2D eigenvalue weighted by atomic mass is 10.4. The zero-order valence-electron chi connectivity index (χ0n) is 10.4. The maximum Gasteiger partial charge on any atom is 0.152 e. The lowest BCUT2D eigenvalue weighted by molar-refractivity contribution is 0.741. The van der Waals surface area contributed by atoms with Gasteiger partial charge in [0, 0.05) is 32.5 Å². The molecule has 6 nitrogen and oxygen atoms in total. The van der Waals surface area contributed by atoms with Crippen LogP contribution >= 0.6 is 11.6 Å². The monoisotopic (exact) mass is 266 g/mol. The van der Waals surface area contributed by atoms with Crippen molar-refractivity contribution in [3.05, 3.63) is 29.2 Å². The number of nitrogens with zero attached hydrogens (tertiary/aromatic N) is 5. The van der Waals surface area contributed by atoms with E-state index in [9.17, 15) is 0 Å². The summed E-state index contributed by atoms with van der Waals surface area (Å²) in [6, 6.07) is 1.71. The maximum absolute atomic E-state index is 5.91. The summed E-state index contributed by atoms with van der Waals surface area (Å²) < 4.78 is 1.69. The molecule has 0 saturated carbocycles. The Labute approximate surface area is 110 Å². The number of anilines is 1. The summed E-state index contributed by atoms with van der Waals surface area (Å²) in [4.78, 5) is 12.6. The van der Waals surface area contributed by atoms with Gasteiger partial charge < -0.3 is 5.32 Å². The van der Waals surface area contributed by atoms with Gasteiger partial charge in [-0.15, -0.1) is 0 Å². The molecule has 7 heteroatoms. The van der Waals surface area contributed by atoms with E-state index >= 15 is 0 Å². The summed E-state index contributed by atoms with van der Waals surface area (Å²) in [7, 11) is 1.85. The van der Waals surface area contributed by atoms with Crippen molar-refractivity contribution in [1.82, 2.24) is 24.7 Å². The summed E-state index contributed by atoms with van der Waals surface area (Å²) in [6.07, 6.45) is 3.19. The van der Waals surface area contributed by atoms with Crippen LogP contribution in [0.15, 0.2) is 12.4 Å². The standard InChI is InChI=1S/C11H15ClN6/c1-3-9-15-8(12)6-11(16-9)13-5-4-10-14-7-18(2)17-10/h6-7H,3-5H2,1-2H3,(H,13,15,16). The van der Waals surface area contributed by atoms with Gasteiger partial charge in [0.15, 0.2) is 5.82 Å². The largest absolute Gasteiger partial charge is 0.369 e. The molecular formula is C11H15ClN6. The van der Waals surface area contributed by atoms with Gasteiger partial charge in [-0.25, -0.2) is 15.0 Å². The van der Waals surface area contributed by atoms with Crippen LogP contribution in [0.5, 0.6) is 0 Å². The first-order chi connectivity index (χ1) is 8.67. The van der Waals surface area contributed by atoms with Crippen molar-refractivity contribution in [2.75, 3.05) is 11.9 Å². The highest BCUT2D eigenvalue weighted by molar-refractivity contribution is 6.29. The molecule has 0 bridgehead atoms. The van der Waals surface area contributed by atoms with E-state index < -0.39 is 0 Å². The van der Waals surface area contributed by atoms with Crippen molar-refractivity contribution in [2.45, 2.75) is 19.8 Å². The van der Waals surface area contributed by atoms with Gasteiger partial charge in [0.2, 0.25) is 0 Å². The van der Waals surface area contributed by atoms with Gasteiger partial charge in [-0.1, -0.05) is 18.5 Å². The van der Waals surface area contributed by atoms with E-state index in [-0.39, 0.29) is 0 Å². The van der Waals surface area contributed by atoms with Crippen LogP contribution in [0.4, 0.5) is 5.82 Å².